The highest BCUT2D eigenvalue weighted by atomic mass is 35.5. The Labute approximate surface area is 122 Å². The van der Waals surface area contributed by atoms with Crippen LogP contribution in [0.15, 0.2) is 42.2 Å². The maximum atomic E-state index is 12.6. The molecule has 8 heteroatoms. The number of anilines is 1. The number of nitrogens with one attached hydrogen (secondary N) is 1. The zero-order valence-electron chi connectivity index (χ0n) is 10.3. The van der Waals surface area contributed by atoms with Gasteiger partial charge in [-0.15, -0.1) is 0 Å². The van der Waals surface area contributed by atoms with E-state index in [1.807, 2.05) is 6.07 Å². The Hall–Kier alpha value is -2.46. The van der Waals surface area contributed by atoms with Gasteiger partial charge in [-0.1, -0.05) is 18.2 Å². The average molecular weight is 314 g/mol. The van der Waals surface area contributed by atoms with Crippen molar-refractivity contribution >= 4 is 23.3 Å². The molecule has 0 saturated carbocycles. The first-order valence-corrected chi connectivity index (χ1v) is 5.90. The van der Waals surface area contributed by atoms with E-state index >= 15 is 0 Å². The average Bonchev–Trinajstić information content (AvgIpc) is 2.38. The molecule has 21 heavy (non-hydrogen) atoms. The Kier molecular flexibility index (Phi) is 3.66. The number of benzene rings is 1. The van der Waals surface area contributed by atoms with Crippen molar-refractivity contribution in [1.29, 1.82) is 5.26 Å². The molecule has 2 rings (SSSR count). The third-order valence-electron chi connectivity index (χ3n) is 2.71. The molecule has 1 heterocycles. The molecule has 0 unspecified atom stereocenters. The molecule has 0 radical (unpaired) electrons. The lowest BCUT2D eigenvalue weighted by molar-refractivity contribution is -0.137. The summed E-state index contributed by atoms with van der Waals surface area (Å²) in [5.74, 6) is 0. The van der Waals surface area contributed by atoms with Crippen LogP contribution in [0, 0.1) is 11.3 Å². The summed E-state index contributed by atoms with van der Waals surface area (Å²) in [6.45, 7) is 3.48. The molecule has 4 nitrogen and oxygen atoms in total. The van der Waals surface area contributed by atoms with Crippen molar-refractivity contribution < 1.29 is 18.0 Å². The summed E-state index contributed by atoms with van der Waals surface area (Å²) in [6.07, 6.45) is -3.37. The van der Waals surface area contributed by atoms with E-state index in [0.29, 0.717) is 6.07 Å². The molecular weight excluding hydrogens is 307 g/mol. The highest BCUT2D eigenvalue weighted by molar-refractivity contribution is 6.34. The van der Waals surface area contributed by atoms with Crippen LogP contribution in [-0.4, -0.2) is 6.03 Å². The largest absolute Gasteiger partial charge is 0.416 e. The number of hydrogen-bond acceptors (Lipinski definition) is 2. The smallest absolute Gasteiger partial charge is 0.306 e. The molecule has 0 aromatic heterocycles. The highest BCUT2D eigenvalue weighted by Gasteiger charge is 2.32. The lowest BCUT2D eigenvalue weighted by Crippen LogP contribution is -2.40. The summed E-state index contributed by atoms with van der Waals surface area (Å²) in [4.78, 5) is 12.8. The van der Waals surface area contributed by atoms with Gasteiger partial charge in [-0.2, -0.15) is 18.4 Å². The first kappa shape index (κ1) is 14.9. The number of nitriles is 1. The second-order valence-corrected chi connectivity index (χ2v) is 4.50. The number of halogens is 4. The summed E-state index contributed by atoms with van der Waals surface area (Å²) in [6, 6.07) is 3.72. The minimum absolute atomic E-state index is 0.0300. The summed E-state index contributed by atoms with van der Waals surface area (Å²) >= 11 is 5.81. The zero-order valence-corrected chi connectivity index (χ0v) is 11.1. The van der Waals surface area contributed by atoms with E-state index < -0.39 is 17.8 Å². The topological polar surface area (TPSA) is 56.1 Å². The second-order valence-electron chi connectivity index (χ2n) is 4.10. The molecule has 1 aromatic carbocycles. The van der Waals surface area contributed by atoms with Crippen molar-refractivity contribution in [3.05, 3.63) is 52.8 Å². The highest BCUT2D eigenvalue weighted by Crippen LogP contribution is 2.36. The number of alkyl halides is 3. The second kappa shape index (κ2) is 5.14. The van der Waals surface area contributed by atoms with Crippen LogP contribution in [0.25, 0.3) is 0 Å². The Bertz CT molecular complexity index is 704. The van der Waals surface area contributed by atoms with Crippen molar-refractivity contribution in [1.82, 2.24) is 5.32 Å². The number of carbonyl (C=O) groups is 1. The van der Waals surface area contributed by atoms with Crippen molar-refractivity contribution in [2.45, 2.75) is 6.18 Å². The monoisotopic (exact) mass is 313 g/mol. The molecule has 0 aliphatic carbocycles. The maximum absolute atomic E-state index is 12.6. The summed E-state index contributed by atoms with van der Waals surface area (Å²) in [5.41, 5.74) is -0.711. The maximum Gasteiger partial charge on any atom is 0.416 e. The molecule has 2 amide bonds. The lowest BCUT2D eigenvalue weighted by Gasteiger charge is -2.26. The van der Waals surface area contributed by atoms with Crippen molar-refractivity contribution in [2.75, 3.05) is 4.90 Å². The van der Waals surface area contributed by atoms with Crippen molar-refractivity contribution in [2.24, 2.45) is 0 Å². The molecule has 1 aromatic rings. The number of hydrogen-bond donors (Lipinski definition) is 1. The minimum Gasteiger partial charge on any atom is -0.306 e. The molecule has 1 aliphatic rings. The van der Waals surface area contributed by atoms with Gasteiger partial charge in [-0.3, -0.25) is 4.90 Å². The van der Waals surface area contributed by atoms with E-state index in [1.54, 1.807) is 0 Å². The summed E-state index contributed by atoms with van der Waals surface area (Å²) in [5, 5.41) is 11.0. The predicted octanol–water partition coefficient (Wildman–Crippen LogP) is 3.81. The number of allylic oxidation sites excluding steroid dienone is 1. The zero-order chi connectivity index (χ0) is 15.8. The number of urea groups is 1. The Morgan fingerprint density at radius 3 is 2.57 bits per heavy atom. The SMILES string of the molecule is C=C1NC(=O)N(c2ccc(C(F)(F)F)cc2Cl)C=C1C#N. The van der Waals surface area contributed by atoms with E-state index in [1.165, 1.54) is 0 Å². The number of rotatable bonds is 1. The van der Waals surface area contributed by atoms with Gasteiger partial charge in [0.1, 0.15) is 6.07 Å². The van der Waals surface area contributed by atoms with Crippen molar-refractivity contribution in [3.63, 3.8) is 0 Å². The molecule has 1 aliphatic heterocycles. The van der Waals surface area contributed by atoms with Crippen LogP contribution < -0.4 is 10.2 Å². The predicted molar refractivity (Wildman–Crippen MR) is 70.3 cm³/mol. The Morgan fingerprint density at radius 1 is 1.38 bits per heavy atom. The molecular formula is C13H7ClF3N3O. The number of nitrogens with zero attached hydrogens (tertiary/aromatic N) is 2. The van der Waals surface area contributed by atoms with E-state index in [0.717, 1.165) is 23.2 Å². The molecule has 0 saturated heterocycles. The van der Waals surface area contributed by atoms with Crippen LogP contribution in [0.3, 0.4) is 0 Å². The Morgan fingerprint density at radius 2 is 2.05 bits per heavy atom. The van der Waals surface area contributed by atoms with Gasteiger partial charge in [0, 0.05) is 6.20 Å². The fourth-order valence-corrected chi connectivity index (χ4v) is 1.95. The van der Waals surface area contributed by atoms with E-state index in [2.05, 4.69) is 11.9 Å². The summed E-state index contributed by atoms with van der Waals surface area (Å²) < 4.78 is 37.7. The lowest BCUT2D eigenvalue weighted by atomic mass is 10.1. The van der Waals surface area contributed by atoms with Gasteiger partial charge in [0.15, 0.2) is 0 Å². The molecule has 1 N–H and O–H groups in total. The number of amides is 2. The van der Waals surface area contributed by atoms with Gasteiger partial charge in [0.05, 0.1) is 27.5 Å². The van der Waals surface area contributed by atoms with Crippen LogP contribution in [0.5, 0.6) is 0 Å². The van der Waals surface area contributed by atoms with Gasteiger partial charge >= 0.3 is 12.2 Å². The molecule has 0 spiro atoms. The van der Waals surface area contributed by atoms with Crippen LogP contribution in [0.4, 0.5) is 23.7 Å². The van der Waals surface area contributed by atoms with E-state index in [4.69, 9.17) is 16.9 Å². The minimum atomic E-state index is -4.53. The van der Waals surface area contributed by atoms with Crippen molar-refractivity contribution in [3.8, 4) is 6.07 Å². The van der Waals surface area contributed by atoms with Crippen LogP contribution in [-0.2, 0) is 6.18 Å². The van der Waals surface area contributed by atoms with Gasteiger partial charge in [0.2, 0.25) is 0 Å². The Balaban J connectivity index is 2.48. The first-order chi connectivity index (χ1) is 9.74. The van der Waals surface area contributed by atoms with Crippen LogP contribution >= 0.6 is 11.6 Å². The van der Waals surface area contributed by atoms with Gasteiger partial charge in [0.25, 0.3) is 0 Å². The van der Waals surface area contributed by atoms with Gasteiger partial charge in [-0.05, 0) is 18.2 Å². The fraction of sp³-hybridized carbons (Fsp3) is 0.0769. The molecule has 0 atom stereocenters. The van der Waals surface area contributed by atoms with Gasteiger partial charge < -0.3 is 5.32 Å². The first-order valence-electron chi connectivity index (χ1n) is 5.52. The third-order valence-corrected chi connectivity index (χ3v) is 3.02. The molecule has 108 valence electrons. The van der Waals surface area contributed by atoms with E-state index in [-0.39, 0.29) is 22.0 Å². The standard InChI is InChI=1S/C13H7ClF3N3O/c1-7-8(5-18)6-20(12(21)19-7)11-3-2-9(4-10(11)14)13(15,16)17/h2-4,6H,1H2,(H,19,21). The third kappa shape index (κ3) is 2.85. The number of carbonyl (C=O) groups excluding carboxylic acids is 1. The fourth-order valence-electron chi connectivity index (χ4n) is 1.68. The quantitative estimate of drug-likeness (QED) is 0.857. The molecule has 0 bridgehead atoms. The van der Waals surface area contributed by atoms with Crippen LogP contribution in [0.1, 0.15) is 5.56 Å². The van der Waals surface area contributed by atoms with Crippen LogP contribution in [0.2, 0.25) is 5.02 Å². The van der Waals surface area contributed by atoms with Gasteiger partial charge in [-0.25, -0.2) is 4.79 Å². The molecule has 0 fully saturated rings. The summed E-state index contributed by atoms with van der Waals surface area (Å²) in [7, 11) is 0. The van der Waals surface area contributed by atoms with E-state index in [9.17, 15) is 18.0 Å². The normalized spacial score (nSPS) is 15.4.